The topological polar surface area (TPSA) is 79.1 Å². The molecule has 1 fully saturated rings. The molecule has 0 bridgehead atoms. The van der Waals surface area contributed by atoms with Gasteiger partial charge in [-0.05, 0) is 18.9 Å². The average molecular weight is 274 g/mol. The largest absolute Gasteiger partial charge is 0.472 e. The SMILES string of the molecule is CNc1nc(NCc2ccoc2)nc(N2CCCC2)n1. The van der Waals surface area contributed by atoms with Gasteiger partial charge in [0.25, 0.3) is 0 Å². The summed E-state index contributed by atoms with van der Waals surface area (Å²) in [6, 6.07) is 1.91. The van der Waals surface area contributed by atoms with Crippen molar-refractivity contribution in [2.75, 3.05) is 35.7 Å². The van der Waals surface area contributed by atoms with Gasteiger partial charge in [0.1, 0.15) is 0 Å². The molecule has 0 atom stereocenters. The maximum absolute atomic E-state index is 5.04. The Morgan fingerprint density at radius 3 is 2.70 bits per heavy atom. The Hall–Kier alpha value is -2.31. The van der Waals surface area contributed by atoms with Crippen molar-refractivity contribution in [3.63, 3.8) is 0 Å². The first-order valence-corrected chi connectivity index (χ1v) is 6.79. The van der Waals surface area contributed by atoms with Crippen LogP contribution in [-0.4, -0.2) is 35.1 Å². The number of hydrogen-bond donors (Lipinski definition) is 2. The van der Waals surface area contributed by atoms with Gasteiger partial charge in [0.2, 0.25) is 17.8 Å². The van der Waals surface area contributed by atoms with Crippen molar-refractivity contribution >= 4 is 17.8 Å². The molecule has 1 saturated heterocycles. The third-order valence-electron chi connectivity index (χ3n) is 3.27. The fraction of sp³-hybridized carbons (Fsp3) is 0.462. The third kappa shape index (κ3) is 2.81. The zero-order valence-corrected chi connectivity index (χ0v) is 11.5. The summed E-state index contributed by atoms with van der Waals surface area (Å²) >= 11 is 0. The molecule has 0 spiro atoms. The first kappa shape index (κ1) is 12.7. The van der Waals surface area contributed by atoms with Crippen LogP contribution in [0.3, 0.4) is 0 Å². The van der Waals surface area contributed by atoms with Gasteiger partial charge >= 0.3 is 0 Å². The smallest absolute Gasteiger partial charge is 0.231 e. The Labute approximate surface area is 117 Å². The van der Waals surface area contributed by atoms with Crippen molar-refractivity contribution in [1.29, 1.82) is 0 Å². The Balaban J connectivity index is 1.76. The molecule has 1 aliphatic heterocycles. The van der Waals surface area contributed by atoms with Crippen molar-refractivity contribution in [3.05, 3.63) is 24.2 Å². The summed E-state index contributed by atoms with van der Waals surface area (Å²) in [5.74, 6) is 1.89. The quantitative estimate of drug-likeness (QED) is 0.859. The number of rotatable bonds is 5. The second-order valence-corrected chi connectivity index (χ2v) is 4.71. The molecule has 0 amide bonds. The first-order chi connectivity index (χ1) is 9.85. The second kappa shape index (κ2) is 5.77. The molecular weight excluding hydrogens is 256 g/mol. The van der Waals surface area contributed by atoms with Crippen LogP contribution in [0.4, 0.5) is 17.8 Å². The van der Waals surface area contributed by atoms with Gasteiger partial charge in [-0.3, -0.25) is 0 Å². The van der Waals surface area contributed by atoms with Gasteiger partial charge in [-0.25, -0.2) is 0 Å². The lowest BCUT2D eigenvalue weighted by Gasteiger charge is -2.16. The van der Waals surface area contributed by atoms with Crippen molar-refractivity contribution in [3.8, 4) is 0 Å². The highest BCUT2D eigenvalue weighted by molar-refractivity contribution is 5.44. The molecule has 2 N–H and O–H groups in total. The summed E-state index contributed by atoms with van der Waals surface area (Å²) in [5, 5.41) is 6.17. The maximum atomic E-state index is 5.04. The lowest BCUT2D eigenvalue weighted by Crippen LogP contribution is -2.22. The Bertz CT molecular complexity index is 550. The fourth-order valence-corrected chi connectivity index (χ4v) is 2.19. The minimum Gasteiger partial charge on any atom is -0.472 e. The number of anilines is 3. The van der Waals surface area contributed by atoms with Crippen LogP contribution >= 0.6 is 0 Å². The van der Waals surface area contributed by atoms with E-state index in [1.54, 1.807) is 12.5 Å². The highest BCUT2D eigenvalue weighted by atomic mass is 16.3. The lowest BCUT2D eigenvalue weighted by atomic mass is 10.3. The molecular formula is C13H18N6O. The second-order valence-electron chi connectivity index (χ2n) is 4.71. The van der Waals surface area contributed by atoms with Gasteiger partial charge in [0.15, 0.2) is 0 Å². The lowest BCUT2D eigenvalue weighted by molar-refractivity contribution is 0.564. The van der Waals surface area contributed by atoms with Crippen LogP contribution in [0.25, 0.3) is 0 Å². The van der Waals surface area contributed by atoms with Crippen LogP contribution in [0.2, 0.25) is 0 Å². The Morgan fingerprint density at radius 2 is 2.00 bits per heavy atom. The molecule has 0 aromatic carbocycles. The van der Waals surface area contributed by atoms with Crippen LogP contribution in [0.5, 0.6) is 0 Å². The van der Waals surface area contributed by atoms with Crippen LogP contribution in [0.15, 0.2) is 23.0 Å². The van der Waals surface area contributed by atoms with Gasteiger partial charge in [-0.2, -0.15) is 15.0 Å². The molecule has 7 heteroatoms. The molecule has 1 aliphatic rings. The van der Waals surface area contributed by atoms with Crippen LogP contribution in [0.1, 0.15) is 18.4 Å². The monoisotopic (exact) mass is 274 g/mol. The van der Waals surface area contributed by atoms with E-state index in [1.807, 2.05) is 13.1 Å². The van der Waals surface area contributed by atoms with Crippen molar-refractivity contribution < 1.29 is 4.42 Å². The van der Waals surface area contributed by atoms with Crippen molar-refractivity contribution in [2.24, 2.45) is 0 Å². The average Bonchev–Trinajstić information content (AvgIpc) is 3.17. The fourth-order valence-electron chi connectivity index (χ4n) is 2.19. The third-order valence-corrected chi connectivity index (χ3v) is 3.27. The molecule has 2 aromatic heterocycles. The number of nitrogens with one attached hydrogen (secondary N) is 2. The molecule has 0 aliphatic carbocycles. The number of furan rings is 1. The van der Waals surface area contributed by atoms with E-state index in [0.717, 1.165) is 24.6 Å². The maximum Gasteiger partial charge on any atom is 0.231 e. The van der Waals surface area contributed by atoms with E-state index in [4.69, 9.17) is 4.42 Å². The van der Waals surface area contributed by atoms with E-state index in [1.165, 1.54) is 12.8 Å². The van der Waals surface area contributed by atoms with Gasteiger partial charge in [-0.1, -0.05) is 0 Å². The van der Waals surface area contributed by atoms with Crippen molar-refractivity contribution in [1.82, 2.24) is 15.0 Å². The Morgan fingerprint density at radius 1 is 1.20 bits per heavy atom. The normalized spacial score (nSPS) is 14.6. The van der Waals surface area contributed by atoms with E-state index in [9.17, 15) is 0 Å². The molecule has 106 valence electrons. The summed E-state index contributed by atoms with van der Waals surface area (Å²) in [6.45, 7) is 2.64. The molecule has 2 aromatic rings. The molecule has 0 saturated carbocycles. The van der Waals surface area contributed by atoms with Crippen LogP contribution < -0.4 is 15.5 Å². The summed E-state index contributed by atoms with van der Waals surface area (Å²) in [6.07, 6.45) is 5.74. The van der Waals surface area contributed by atoms with Gasteiger partial charge in [-0.15, -0.1) is 0 Å². The zero-order chi connectivity index (χ0) is 13.8. The first-order valence-electron chi connectivity index (χ1n) is 6.79. The van der Waals surface area contributed by atoms with Gasteiger partial charge in [0, 0.05) is 32.2 Å². The summed E-state index contributed by atoms with van der Waals surface area (Å²) in [4.78, 5) is 15.4. The summed E-state index contributed by atoms with van der Waals surface area (Å²) < 4.78 is 5.04. The highest BCUT2D eigenvalue weighted by Gasteiger charge is 2.17. The van der Waals surface area contributed by atoms with E-state index < -0.39 is 0 Å². The zero-order valence-electron chi connectivity index (χ0n) is 11.5. The summed E-state index contributed by atoms with van der Waals surface area (Å²) in [7, 11) is 1.81. The van der Waals surface area contributed by atoms with Gasteiger partial charge in [0.05, 0.1) is 12.5 Å². The van der Waals surface area contributed by atoms with Gasteiger partial charge < -0.3 is 20.0 Å². The van der Waals surface area contributed by atoms with E-state index in [0.29, 0.717) is 18.4 Å². The van der Waals surface area contributed by atoms with E-state index in [-0.39, 0.29) is 0 Å². The van der Waals surface area contributed by atoms with Crippen LogP contribution in [-0.2, 0) is 6.54 Å². The molecule has 3 rings (SSSR count). The molecule has 3 heterocycles. The molecule has 7 nitrogen and oxygen atoms in total. The Kier molecular flexibility index (Phi) is 3.67. The van der Waals surface area contributed by atoms with E-state index >= 15 is 0 Å². The number of hydrogen-bond acceptors (Lipinski definition) is 7. The predicted octanol–water partition coefficient (Wildman–Crippen LogP) is 1.72. The molecule has 0 radical (unpaired) electrons. The van der Waals surface area contributed by atoms with Crippen LogP contribution in [0, 0.1) is 0 Å². The minimum absolute atomic E-state index is 0.576. The molecule has 20 heavy (non-hydrogen) atoms. The predicted molar refractivity (Wildman–Crippen MR) is 76.9 cm³/mol. The summed E-state index contributed by atoms with van der Waals surface area (Å²) in [5.41, 5.74) is 1.05. The number of nitrogens with zero attached hydrogens (tertiary/aromatic N) is 4. The standard InChI is InChI=1S/C13H18N6O/c1-14-11-16-12(15-8-10-4-7-20-9-10)18-13(17-11)19-5-2-3-6-19/h4,7,9H,2-3,5-6,8H2,1H3,(H2,14,15,16,17,18). The minimum atomic E-state index is 0.576. The molecule has 0 unspecified atom stereocenters. The van der Waals surface area contributed by atoms with Crippen molar-refractivity contribution in [2.45, 2.75) is 19.4 Å². The number of aromatic nitrogens is 3. The van der Waals surface area contributed by atoms with E-state index in [2.05, 4.69) is 30.5 Å². The highest BCUT2D eigenvalue weighted by Crippen LogP contribution is 2.18.